The van der Waals surface area contributed by atoms with Gasteiger partial charge in [0, 0.05) is 11.4 Å². The van der Waals surface area contributed by atoms with E-state index in [1.807, 2.05) is 19.1 Å². The van der Waals surface area contributed by atoms with Crippen LogP contribution in [0.5, 0.6) is 5.75 Å². The second kappa shape index (κ2) is 6.83. The van der Waals surface area contributed by atoms with Gasteiger partial charge in [-0.1, -0.05) is 29.7 Å². The molecule has 0 saturated carbocycles. The van der Waals surface area contributed by atoms with Gasteiger partial charge in [0.1, 0.15) is 17.7 Å². The number of rotatable bonds is 6. The highest BCUT2D eigenvalue weighted by Crippen LogP contribution is 2.25. The van der Waals surface area contributed by atoms with Crippen molar-refractivity contribution in [1.29, 1.82) is 0 Å². The molecule has 3 aromatic rings. The van der Waals surface area contributed by atoms with Crippen molar-refractivity contribution in [1.82, 2.24) is 15.1 Å². The highest BCUT2D eigenvalue weighted by molar-refractivity contribution is 6.30. The van der Waals surface area contributed by atoms with Gasteiger partial charge in [-0.15, -0.1) is 0 Å². The topological polar surface area (TPSA) is 74.2 Å². The molecular weight excluding hydrogens is 318 g/mol. The van der Waals surface area contributed by atoms with Crippen LogP contribution in [0.25, 0.3) is 11.5 Å². The number of aryl methyl sites for hydroxylation is 1. The van der Waals surface area contributed by atoms with Crippen molar-refractivity contribution in [3.8, 4) is 17.3 Å². The maximum Gasteiger partial charge on any atom is 0.267 e. The van der Waals surface area contributed by atoms with Crippen LogP contribution in [0.2, 0.25) is 5.02 Å². The van der Waals surface area contributed by atoms with Crippen LogP contribution in [0.3, 0.4) is 0 Å². The third kappa shape index (κ3) is 3.71. The molecule has 0 amide bonds. The summed E-state index contributed by atoms with van der Waals surface area (Å²) < 4.78 is 16.4. The van der Waals surface area contributed by atoms with Crippen LogP contribution in [-0.2, 0) is 6.42 Å². The molecule has 1 atom stereocenters. The molecule has 0 bridgehead atoms. The summed E-state index contributed by atoms with van der Waals surface area (Å²) in [5, 5.41) is 4.53. The van der Waals surface area contributed by atoms with Crippen LogP contribution in [0.4, 0.5) is 0 Å². The molecule has 0 aliphatic rings. The van der Waals surface area contributed by atoms with Crippen molar-refractivity contribution in [2.75, 3.05) is 0 Å². The first-order chi connectivity index (χ1) is 11.2. The summed E-state index contributed by atoms with van der Waals surface area (Å²) in [6.07, 6.45) is 2.86. The van der Waals surface area contributed by atoms with E-state index in [1.165, 1.54) is 6.26 Å². The molecule has 1 unspecified atom stereocenters. The fourth-order valence-electron chi connectivity index (χ4n) is 2.04. The molecule has 0 aliphatic heterocycles. The Kier molecular flexibility index (Phi) is 4.62. The highest BCUT2D eigenvalue weighted by Gasteiger charge is 2.19. The van der Waals surface area contributed by atoms with E-state index < -0.39 is 6.10 Å². The Balaban J connectivity index is 1.72. The molecule has 3 rings (SSSR count). The van der Waals surface area contributed by atoms with Gasteiger partial charge in [0.05, 0.1) is 0 Å². The van der Waals surface area contributed by atoms with E-state index in [0.29, 0.717) is 34.1 Å². The molecule has 2 heterocycles. The lowest BCUT2D eigenvalue weighted by atomic mass is 10.3. The van der Waals surface area contributed by atoms with E-state index in [4.69, 9.17) is 25.3 Å². The molecule has 7 heteroatoms. The summed E-state index contributed by atoms with van der Waals surface area (Å²) >= 11 is 5.94. The summed E-state index contributed by atoms with van der Waals surface area (Å²) in [6, 6.07) is 7.13. The van der Waals surface area contributed by atoms with Gasteiger partial charge in [0.15, 0.2) is 12.0 Å². The number of nitrogens with zero attached hydrogens (tertiary/aromatic N) is 3. The number of aromatic nitrogens is 3. The first-order valence-corrected chi connectivity index (χ1v) is 7.74. The van der Waals surface area contributed by atoms with Crippen LogP contribution >= 0.6 is 11.6 Å². The first kappa shape index (κ1) is 15.6. The monoisotopic (exact) mass is 333 g/mol. The lowest BCUT2D eigenvalue weighted by Gasteiger charge is -2.10. The van der Waals surface area contributed by atoms with Gasteiger partial charge in [-0.2, -0.15) is 4.98 Å². The smallest absolute Gasteiger partial charge is 0.267 e. The summed E-state index contributed by atoms with van der Waals surface area (Å²) in [5.41, 5.74) is 0.554. The summed E-state index contributed by atoms with van der Waals surface area (Å²) in [6.45, 7) is 3.88. The lowest BCUT2D eigenvalue weighted by molar-refractivity contribution is 0.176. The minimum atomic E-state index is -0.406. The molecule has 0 radical (unpaired) electrons. The molecule has 0 fully saturated rings. The normalized spacial score (nSPS) is 12.3. The van der Waals surface area contributed by atoms with Gasteiger partial charge in [-0.3, -0.25) is 0 Å². The van der Waals surface area contributed by atoms with E-state index in [-0.39, 0.29) is 0 Å². The Morgan fingerprint density at radius 3 is 2.96 bits per heavy atom. The van der Waals surface area contributed by atoms with Crippen LogP contribution < -0.4 is 4.74 Å². The summed E-state index contributed by atoms with van der Waals surface area (Å²) in [4.78, 5) is 8.64. The minimum Gasteiger partial charge on any atom is -0.481 e. The number of hydrogen-bond donors (Lipinski definition) is 0. The Morgan fingerprint density at radius 2 is 2.17 bits per heavy atom. The van der Waals surface area contributed by atoms with E-state index in [1.54, 1.807) is 12.1 Å². The van der Waals surface area contributed by atoms with Crippen molar-refractivity contribution in [3.05, 3.63) is 47.3 Å². The Bertz CT molecular complexity index is 784. The maximum atomic E-state index is 5.94. The Labute approximate surface area is 138 Å². The third-order valence-corrected chi connectivity index (χ3v) is 3.38. The van der Waals surface area contributed by atoms with Crippen molar-refractivity contribution in [2.24, 2.45) is 0 Å². The number of oxazole rings is 1. The predicted molar refractivity (Wildman–Crippen MR) is 84.3 cm³/mol. The molecule has 23 heavy (non-hydrogen) atoms. The largest absolute Gasteiger partial charge is 0.481 e. The third-order valence-electron chi connectivity index (χ3n) is 3.14. The van der Waals surface area contributed by atoms with Crippen LogP contribution in [0.15, 0.2) is 39.5 Å². The van der Waals surface area contributed by atoms with Gasteiger partial charge in [-0.05, 0) is 31.5 Å². The van der Waals surface area contributed by atoms with E-state index in [0.717, 1.165) is 12.8 Å². The van der Waals surface area contributed by atoms with Crippen LogP contribution in [0.1, 0.15) is 38.2 Å². The highest BCUT2D eigenvalue weighted by atomic mass is 35.5. The predicted octanol–water partition coefficient (Wildman–Crippen LogP) is 4.47. The first-order valence-electron chi connectivity index (χ1n) is 7.36. The zero-order chi connectivity index (χ0) is 16.2. The molecule has 2 aromatic heterocycles. The van der Waals surface area contributed by atoms with Crippen molar-refractivity contribution < 1.29 is 13.7 Å². The van der Waals surface area contributed by atoms with Crippen LogP contribution in [0, 0.1) is 0 Å². The quantitative estimate of drug-likeness (QED) is 0.662. The Hall–Kier alpha value is -2.34. The number of hydrogen-bond acceptors (Lipinski definition) is 6. The molecule has 6 nitrogen and oxygen atoms in total. The van der Waals surface area contributed by atoms with E-state index in [9.17, 15) is 0 Å². The van der Waals surface area contributed by atoms with E-state index >= 15 is 0 Å². The van der Waals surface area contributed by atoms with Gasteiger partial charge < -0.3 is 13.7 Å². The standard InChI is InChI=1S/C16H16ClN3O3/c1-3-5-14-18-13(9-21-14)15-19-16(23-20-15)10(2)22-12-7-4-6-11(17)8-12/h4,6-10H,3,5H2,1-2H3. The molecule has 0 aliphatic carbocycles. The van der Waals surface area contributed by atoms with Gasteiger partial charge in [-0.25, -0.2) is 4.98 Å². The fourth-order valence-corrected chi connectivity index (χ4v) is 2.22. The zero-order valence-corrected chi connectivity index (χ0v) is 13.6. The lowest BCUT2D eigenvalue weighted by Crippen LogP contribution is -2.03. The summed E-state index contributed by atoms with van der Waals surface area (Å²) in [5.74, 6) is 2.04. The fraction of sp³-hybridized carbons (Fsp3) is 0.312. The van der Waals surface area contributed by atoms with Gasteiger partial charge in [0.2, 0.25) is 5.82 Å². The molecule has 120 valence electrons. The van der Waals surface area contributed by atoms with E-state index in [2.05, 4.69) is 22.0 Å². The average Bonchev–Trinajstić information content (AvgIpc) is 3.16. The maximum absolute atomic E-state index is 5.94. The molecule has 0 N–H and O–H groups in total. The molecule has 0 spiro atoms. The minimum absolute atomic E-state index is 0.361. The van der Waals surface area contributed by atoms with Gasteiger partial charge >= 0.3 is 0 Å². The number of halogens is 1. The van der Waals surface area contributed by atoms with Gasteiger partial charge in [0.25, 0.3) is 5.89 Å². The second-order valence-electron chi connectivity index (χ2n) is 5.05. The van der Waals surface area contributed by atoms with Crippen LogP contribution in [-0.4, -0.2) is 15.1 Å². The second-order valence-corrected chi connectivity index (χ2v) is 5.49. The average molecular weight is 334 g/mol. The van der Waals surface area contributed by atoms with Crippen molar-refractivity contribution in [2.45, 2.75) is 32.8 Å². The molecule has 0 saturated heterocycles. The summed E-state index contributed by atoms with van der Waals surface area (Å²) in [7, 11) is 0. The number of benzene rings is 1. The van der Waals surface area contributed by atoms with Crippen molar-refractivity contribution >= 4 is 11.6 Å². The molecular formula is C16H16ClN3O3. The van der Waals surface area contributed by atoms with Crippen molar-refractivity contribution in [3.63, 3.8) is 0 Å². The zero-order valence-electron chi connectivity index (χ0n) is 12.8. The Morgan fingerprint density at radius 1 is 1.30 bits per heavy atom. The number of ether oxygens (including phenoxy) is 1. The molecule has 1 aromatic carbocycles. The SMILES string of the molecule is CCCc1nc(-c2noc(C(C)Oc3cccc(Cl)c3)n2)co1.